The standard InChI is InChI=1S/C29H29F3N6O2/c30-29(31,32)22-3-1-2-19(14-22)15-25(39)38-7-6-21-16-20(4-5-24(21)38)23-17-37(9-8-36-10-12-40-13-11-36)28-26(23)27(33)34-18-35-28/h1-5,14,16-18H,6-13,15H2,(H2,33,34,35). The van der Waals surface area contributed by atoms with Crippen LogP contribution in [0.15, 0.2) is 55.0 Å². The Morgan fingerprint density at radius 3 is 2.65 bits per heavy atom. The Morgan fingerprint density at radius 1 is 1.02 bits per heavy atom. The Labute approximate surface area is 229 Å². The molecule has 0 aliphatic carbocycles. The van der Waals surface area contributed by atoms with E-state index in [4.69, 9.17) is 10.5 Å². The van der Waals surface area contributed by atoms with E-state index < -0.39 is 11.7 Å². The van der Waals surface area contributed by atoms with Crippen LogP contribution < -0.4 is 10.6 Å². The number of ether oxygens (including phenoxy) is 1. The highest BCUT2D eigenvalue weighted by atomic mass is 19.4. The Morgan fingerprint density at radius 2 is 1.85 bits per heavy atom. The Hall–Kier alpha value is -3.96. The number of morpholine rings is 1. The number of anilines is 2. The van der Waals surface area contributed by atoms with Crippen molar-refractivity contribution in [2.45, 2.75) is 25.6 Å². The number of aromatic nitrogens is 3. The van der Waals surface area contributed by atoms with Gasteiger partial charge in [-0.15, -0.1) is 0 Å². The number of amides is 1. The van der Waals surface area contributed by atoms with Crippen molar-refractivity contribution in [3.8, 4) is 11.1 Å². The highest BCUT2D eigenvalue weighted by Crippen LogP contribution is 2.37. The van der Waals surface area contributed by atoms with Gasteiger partial charge < -0.3 is 19.9 Å². The second-order valence-electron chi connectivity index (χ2n) is 10.2. The van der Waals surface area contributed by atoms with Crippen molar-refractivity contribution in [1.29, 1.82) is 0 Å². The van der Waals surface area contributed by atoms with Gasteiger partial charge in [-0.2, -0.15) is 13.2 Å². The molecule has 2 aliphatic rings. The first kappa shape index (κ1) is 26.3. The zero-order valence-electron chi connectivity index (χ0n) is 21.8. The van der Waals surface area contributed by atoms with Crippen molar-refractivity contribution in [3.63, 3.8) is 0 Å². The molecule has 1 amide bonds. The second kappa shape index (κ2) is 10.5. The van der Waals surface area contributed by atoms with Crippen molar-refractivity contribution in [3.05, 3.63) is 71.7 Å². The fourth-order valence-electron chi connectivity index (χ4n) is 5.57. The lowest BCUT2D eigenvalue weighted by Gasteiger charge is -2.26. The molecule has 4 heterocycles. The third kappa shape index (κ3) is 5.14. The van der Waals surface area contributed by atoms with Gasteiger partial charge in [0.1, 0.15) is 17.8 Å². The first-order valence-corrected chi connectivity index (χ1v) is 13.3. The highest BCUT2D eigenvalue weighted by Gasteiger charge is 2.31. The summed E-state index contributed by atoms with van der Waals surface area (Å²) in [5.41, 5.74) is 10.3. The van der Waals surface area contributed by atoms with E-state index in [1.807, 2.05) is 12.1 Å². The molecule has 40 heavy (non-hydrogen) atoms. The summed E-state index contributed by atoms with van der Waals surface area (Å²) in [5, 5.41) is 0.792. The van der Waals surface area contributed by atoms with Gasteiger partial charge in [-0.25, -0.2) is 9.97 Å². The summed E-state index contributed by atoms with van der Waals surface area (Å²) < 4.78 is 46.9. The molecule has 11 heteroatoms. The van der Waals surface area contributed by atoms with Gasteiger partial charge in [0.15, 0.2) is 0 Å². The minimum Gasteiger partial charge on any atom is -0.383 e. The zero-order chi connectivity index (χ0) is 27.9. The van der Waals surface area contributed by atoms with E-state index in [2.05, 4.69) is 31.7 Å². The van der Waals surface area contributed by atoms with Crippen molar-refractivity contribution >= 4 is 28.4 Å². The molecule has 0 bridgehead atoms. The van der Waals surface area contributed by atoms with Gasteiger partial charge in [-0.3, -0.25) is 9.69 Å². The maximum atomic E-state index is 13.1. The van der Waals surface area contributed by atoms with E-state index in [1.165, 1.54) is 12.4 Å². The van der Waals surface area contributed by atoms with Crippen LogP contribution in [0.3, 0.4) is 0 Å². The fraction of sp³-hybridized carbons (Fsp3) is 0.345. The lowest BCUT2D eigenvalue weighted by Crippen LogP contribution is -2.38. The summed E-state index contributed by atoms with van der Waals surface area (Å²) >= 11 is 0. The topological polar surface area (TPSA) is 89.5 Å². The predicted octanol–water partition coefficient (Wildman–Crippen LogP) is 4.16. The van der Waals surface area contributed by atoms with Gasteiger partial charge in [0.25, 0.3) is 0 Å². The molecular formula is C29H29F3N6O2. The van der Waals surface area contributed by atoms with Crippen LogP contribution in [0.5, 0.6) is 0 Å². The molecule has 0 spiro atoms. The van der Waals surface area contributed by atoms with Crippen molar-refractivity contribution in [2.75, 3.05) is 50.0 Å². The normalized spacial score (nSPS) is 16.0. The summed E-state index contributed by atoms with van der Waals surface area (Å²) in [5.74, 6) is 0.173. The van der Waals surface area contributed by atoms with E-state index in [9.17, 15) is 18.0 Å². The minimum atomic E-state index is -4.45. The number of rotatable bonds is 6. The van der Waals surface area contributed by atoms with Crippen molar-refractivity contribution in [2.24, 2.45) is 0 Å². The first-order valence-electron chi connectivity index (χ1n) is 13.3. The summed E-state index contributed by atoms with van der Waals surface area (Å²) in [4.78, 5) is 25.9. The summed E-state index contributed by atoms with van der Waals surface area (Å²) in [6, 6.07) is 10.8. The third-order valence-corrected chi connectivity index (χ3v) is 7.64. The van der Waals surface area contributed by atoms with Crippen LogP contribution in [0.4, 0.5) is 24.7 Å². The molecule has 2 N–H and O–H groups in total. The number of hydrogen-bond acceptors (Lipinski definition) is 6. The maximum Gasteiger partial charge on any atom is 0.416 e. The SMILES string of the molecule is Nc1ncnc2c1c(-c1ccc3c(c1)CCN3C(=O)Cc1cccc(C(F)(F)F)c1)cn2CCN1CCOCC1. The smallest absolute Gasteiger partial charge is 0.383 e. The van der Waals surface area contributed by atoms with Gasteiger partial charge in [0.2, 0.25) is 5.91 Å². The first-order chi connectivity index (χ1) is 19.3. The molecule has 2 aliphatic heterocycles. The summed E-state index contributed by atoms with van der Waals surface area (Å²) in [7, 11) is 0. The molecule has 6 rings (SSSR count). The van der Waals surface area contributed by atoms with Crippen LogP contribution in [-0.4, -0.2) is 64.7 Å². The Balaban J connectivity index is 1.25. The van der Waals surface area contributed by atoms with Crippen LogP contribution in [0, 0.1) is 0 Å². The Kier molecular flexibility index (Phi) is 6.93. The number of nitrogens with two attached hydrogens (primary N) is 1. The largest absolute Gasteiger partial charge is 0.416 e. The lowest BCUT2D eigenvalue weighted by molar-refractivity contribution is -0.137. The van der Waals surface area contributed by atoms with Gasteiger partial charge in [0, 0.05) is 50.2 Å². The number of fused-ring (bicyclic) bond motifs is 2. The van der Waals surface area contributed by atoms with Crippen LogP contribution in [0.25, 0.3) is 22.2 Å². The second-order valence-corrected chi connectivity index (χ2v) is 10.2. The van der Waals surface area contributed by atoms with Crippen LogP contribution in [0.2, 0.25) is 0 Å². The van der Waals surface area contributed by atoms with Gasteiger partial charge in [-0.1, -0.05) is 24.3 Å². The number of carbonyl (C=O) groups excluding carboxylic acids is 1. The van der Waals surface area contributed by atoms with Gasteiger partial charge in [0.05, 0.1) is 30.6 Å². The molecule has 8 nitrogen and oxygen atoms in total. The Bertz CT molecular complexity index is 1560. The number of hydrogen-bond donors (Lipinski definition) is 1. The molecule has 0 radical (unpaired) electrons. The molecule has 2 aromatic heterocycles. The van der Waals surface area contributed by atoms with Gasteiger partial charge >= 0.3 is 6.18 Å². The number of benzene rings is 2. The number of halogens is 3. The molecule has 0 unspecified atom stereocenters. The highest BCUT2D eigenvalue weighted by molar-refractivity contribution is 6.02. The monoisotopic (exact) mass is 550 g/mol. The molecule has 2 aromatic carbocycles. The number of nitrogen functional groups attached to an aromatic ring is 1. The molecule has 208 valence electrons. The maximum absolute atomic E-state index is 13.1. The van der Waals surface area contributed by atoms with Crippen LogP contribution in [-0.2, 0) is 35.1 Å². The average Bonchev–Trinajstić information content (AvgIpc) is 3.54. The molecule has 0 saturated carbocycles. The number of carbonyl (C=O) groups is 1. The third-order valence-electron chi connectivity index (χ3n) is 7.64. The van der Waals surface area contributed by atoms with Gasteiger partial charge in [-0.05, 0) is 41.3 Å². The van der Waals surface area contributed by atoms with E-state index in [-0.39, 0.29) is 12.3 Å². The average molecular weight is 551 g/mol. The van der Waals surface area contributed by atoms with Crippen molar-refractivity contribution < 1.29 is 22.7 Å². The summed E-state index contributed by atoms with van der Waals surface area (Å²) in [6.07, 6.45) is -0.364. The van der Waals surface area contributed by atoms with E-state index in [1.54, 1.807) is 11.0 Å². The lowest BCUT2D eigenvalue weighted by atomic mass is 10.0. The van der Waals surface area contributed by atoms with Crippen molar-refractivity contribution in [1.82, 2.24) is 19.4 Å². The molecule has 1 saturated heterocycles. The number of nitrogens with zero attached hydrogens (tertiary/aromatic N) is 5. The van der Waals surface area contributed by atoms with E-state index >= 15 is 0 Å². The minimum absolute atomic E-state index is 0.102. The number of alkyl halides is 3. The molecule has 4 aromatic rings. The van der Waals surface area contributed by atoms with E-state index in [0.29, 0.717) is 24.3 Å². The zero-order valence-corrected chi connectivity index (χ0v) is 21.8. The molecule has 1 fully saturated rings. The molecular weight excluding hydrogens is 521 g/mol. The van der Waals surface area contributed by atoms with Crippen LogP contribution in [0.1, 0.15) is 16.7 Å². The fourth-order valence-corrected chi connectivity index (χ4v) is 5.57. The quantitative estimate of drug-likeness (QED) is 0.388. The summed E-state index contributed by atoms with van der Waals surface area (Å²) in [6.45, 7) is 5.36. The predicted molar refractivity (Wildman–Crippen MR) is 146 cm³/mol. The molecule has 0 atom stereocenters. The van der Waals surface area contributed by atoms with E-state index in [0.717, 1.165) is 84.9 Å². The van der Waals surface area contributed by atoms with Crippen LogP contribution >= 0.6 is 0 Å².